The Kier molecular flexibility index (Phi) is 3.75. The lowest BCUT2D eigenvalue weighted by atomic mass is 9.97. The van der Waals surface area contributed by atoms with Crippen molar-refractivity contribution >= 4 is 11.7 Å². The van der Waals surface area contributed by atoms with E-state index < -0.39 is 11.5 Å². The first kappa shape index (κ1) is 12.7. The summed E-state index contributed by atoms with van der Waals surface area (Å²) in [4.78, 5) is 11.4. The van der Waals surface area contributed by atoms with E-state index in [2.05, 4.69) is 5.32 Å². The summed E-state index contributed by atoms with van der Waals surface area (Å²) in [5, 5.41) is 12.5. The van der Waals surface area contributed by atoms with Crippen molar-refractivity contribution in [2.45, 2.75) is 38.1 Å². The van der Waals surface area contributed by atoms with Gasteiger partial charge >= 0.3 is 5.97 Å². The maximum Gasteiger partial charge on any atom is 0.329 e. The van der Waals surface area contributed by atoms with Crippen molar-refractivity contribution in [2.75, 3.05) is 11.9 Å². The summed E-state index contributed by atoms with van der Waals surface area (Å²) in [6.45, 7) is 2.57. The normalized spacial score (nSPS) is 17.4. The van der Waals surface area contributed by atoms with Gasteiger partial charge in [0.25, 0.3) is 0 Å². The highest BCUT2D eigenvalue weighted by Crippen LogP contribution is 2.33. The van der Waals surface area contributed by atoms with Crippen LogP contribution in [0.1, 0.15) is 32.6 Å². The van der Waals surface area contributed by atoms with Gasteiger partial charge in [-0.05, 0) is 44.0 Å². The Hall–Kier alpha value is -1.71. The molecule has 0 bridgehead atoms. The molecular formula is C14H19NO3. The Morgan fingerprint density at radius 1 is 1.33 bits per heavy atom. The second-order valence-electron chi connectivity index (χ2n) is 4.68. The molecule has 4 nitrogen and oxygen atoms in total. The molecule has 0 aliphatic heterocycles. The van der Waals surface area contributed by atoms with E-state index in [0.29, 0.717) is 19.4 Å². The third-order valence-electron chi connectivity index (χ3n) is 3.42. The Bertz CT molecular complexity index is 408. The van der Waals surface area contributed by atoms with E-state index >= 15 is 0 Å². The van der Waals surface area contributed by atoms with Crippen LogP contribution in [0.2, 0.25) is 0 Å². The predicted octanol–water partition coefficient (Wildman–Crippen LogP) is 2.89. The molecule has 0 unspecified atom stereocenters. The number of nitrogens with one attached hydrogen (secondary N) is 1. The summed E-state index contributed by atoms with van der Waals surface area (Å²) in [5.41, 5.74) is 0.0513. The van der Waals surface area contributed by atoms with E-state index in [9.17, 15) is 9.90 Å². The van der Waals surface area contributed by atoms with Crippen molar-refractivity contribution in [1.82, 2.24) is 0 Å². The van der Waals surface area contributed by atoms with Gasteiger partial charge in [-0.25, -0.2) is 4.79 Å². The minimum Gasteiger partial charge on any atom is -0.494 e. The average molecular weight is 249 g/mol. The number of hydrogen-bond acceptors (Lipinski definition) is 3. The molecule has 0 amide bonds. The van der Waals surface area contributed by atoms with Gasteiger partial charge in [0, 0.05) is 5.69 Å². The minimum atomic E-state index is -0.785. The van der Waals surface area contributed by atoms with E-state index in [0.717, 1.165) is 24.3 Å². The lowest BCUT2D eigenvalue weighted by molar-refractivity contribution is -0.142. The molecule has 2 rings (SSSR count). The number of rotatable bonds is 5. The highest BCUT2D eigenvalue weighted by Gasteiger charge is 2.41. The third kappa shape index (κ3) is 2.58. The van der Waals surface area contributed by atoms with Crippen LogP contribution in [0.4, 0.5) is 5.69 Å². The van der Waals surface area contributed by atoms with Crippen LogP contribution in [0.25, 0.3) is 0 Å². The molecule has 0 aromatic heterocycles. The number of anilines is 1. The SMILES string of the molecule is CCOc1ccc(NC2(C(=O)O)CCCC2)cc1. The Labute approximate surface area is 107 Å². The molecule has 0 spiro atoms. The summed E-state index contributed by atoms with van der Waals surface area (Å²) >= 11 is 0. The highest BCUT2D eigenvalue weighted by atomic mass is 16.5. The number of benzene rings is 1. The monoisotopic (exact) mass is 249 g/mol. The molecule has 1 fully saturated rings. The molecule has 1 saturated carbocycles. The maximum absolute atomic E-state index is 11.4. The number of carboxylic acid groups (broad SMARTS) is 1. The van der Waals surface area contributed by atoms with Crippen molar-refractivity contribution in [1.29, 1.82) is 0 Å². The van der Waals surface area contributed by atoms with Crippen molar-refractivity contribution in [3.8, 4) is 5.75 Å². The standard InChI is InChI=1S/C14H19NO3/c1-2-18-12-7-5-11(6-8-12)15-14(13(16)17)9-3-4-10-14/h5-8,15H,2-4,9-10H2,1H3,(H,16,17). The van der Waals surface area contributed by atoms with Crippen molar-refractivity contribution in [2.24, 2.45) is 0 Å². The summed E-state index contributed by atoms with van der Waals surface area (Å²) in [7, 11) is 0. The zero-order valence-electron chi connectivity index (χ0n) is 10.6. The average Bonchev–Trinajstić information content (AvgIpc) is 2.82. The first-order valence-electron chi connectivity index (χ1n) is 6.41. The van der Waals surface area contributed by atoms with E-state index in [1.807, 2.05) is 31.2 Å². The molecule has 0 atom stereocenters. The predicted molar refractivity (Wildman–Crippen MR) is 70.1 cm³/mol. The van der Waals surface area contributed by atoms with E-state index in [4.69, 9.17) is 4.74 Å². The van der Waals surface area contributed by atoms with Crippen LogP contribution in [-0.2, 0) is 4.79 Å². The Balaban J connectivity index is 2.10. The van der Waals surface area contributed by atoms with Crippen molar-refractivity contribution < 1.29 is 14.6 Å². The van der Waals surface area contributed by atoms with Crippen LogP contribution in [0.3, 0.4) is 0 Å². The molecule has 98 valence electrons. The molecule has 1 aromatic carbocycles. The van der Waals surface area contributed by atoms with Gasteiger partial charge in [0.15, 0.2) is 0 Å². The topological polar surface area (TPSA) is 58.6 Å². The quantitative estimate of drug-likeness (QED) is 0.842. The van der Waals surface area contributed by atoms with Crippen molar-refractivity contribution in [3.63, 3.8) is 0 Å². The molecule has 1 aromatic rings. The first-order chi connectivity index (χ1) is 8.66. The van der Waals surface area contributed by atoms with Crippen LogP contribution < -0.4 is 10.1 Å². The van der Waals surface area contributed by atoms with Crippen molar-refractivity contribution in [3.05, 3.63) is 24.3 Å². The lowest BCUT2D eigenvalue weighted by Crippen LogP contribution is -2.43. The van der Waals surface area contributed by atoms with Gasteiger partial charge in [0.2, 0.25) is 0 Å². The second kappa shape index (κ2) is 5.29. The lowest BCUT2D eigenvalue weighted by Gasteiger charge is -2.26. The minimum absolute atomic E-state index is 0.631. The van der Waals surface area contributed by atoms with Gasteiger partial charge in [-0.15, -0.1) is 0 Å². The largest absolute Gasteiger partial charge is 0.494 e. The van der Waals surface area contributed by atoms with Crippen LogP contribution in [0, 0.1) is 0 Å². The smallest absolute Gasteiger partial charge is 0.329 e. The number of carboxylic acids is 1. The molecule has 18 heavy (non-hydrogen) atoms. The molecule has 2 N–H and O–H groups in total. The van der Waals surface area contributed by atoms with Gasteiger partial charge in [0.1, 0.15) is 11.3 Å². The molecule has 0 radical (unpaired) electrons. The number of aliphatic carboxylic acids is 1. The number of carbonyl (C=O) groups is 1. The molecule has 0 heterocycles. The molecule has 1 aliphatic rings. The Morgan fingerprint density at radius 3 is 2.44 bits per heavy atom. The van der Waals surface area contributed by atoms with Crippen LogP contribution >= 0.6 is 0 Å². The van der Waals surface area contributed by atoms with E-state index in [1.54, 1.807) is 0 Å². The van der Waals surface area contributed by atoms with Gasteiger partial charge in [0.05, 0.1) is 6.61 Å². The van der Waals surface area contributed by atoms with Gasteiger partial charge in [-0.3, -0.25) is 0 Å². The second-order valence-corrected chi connectivity index (χ2v) is 4.68. The number of ether oxygens (including phenoxy) is 1. The number of hydrogen-bond donors (Lipinski definition) is 2. The summed E-state index contributed by atoms with van der Waals surface area (Å²) < 4.78 is 5.36. The van der Waals surface area contributed by atoms with Gasteiger partial charge in [-0.2, -0.15) is 0 Å². The van der Waals surface area contributed by atoms with E-state index in [1.165, 1.54) is 0 Å². The summed E-state index contributed by atoms with van der Waals surface area (Å²) in [6, 6.07) is 7.45. The van der Waals surface area contributed by atoms with Gasteiger partial charge < -0.3 is 15.2 Å². The zero-order chi connectivity index (χ0) is 13.0. The van der Waals surface area contributed by atoms with Gasteiger partial charge in [-0.1, -0.05) is 12.8 Å². The maximum atomic E-state index is 11.4. The van der Waals surface area contributed by atoms with E-state index in [-0.39, 0.29) is 0 Å². The molecular weight excluding hydrogens is 230 g/mol. The zero-order valence-corrected chi connectivity index (χ0v) is 10.6. The fraction of sp³-hybridized carbons (Fsp3) is 0.500. The highest BCUT2D eigenvalue weighted by molar-refractivity contribution is 5.83. The fourth-order valence-corrected chi connectivity index (χ4v) is 2.45. The third-order valence-corrected chi connectivity index (χ3v) is 3.42. The molecule has 4 heteroatoms. The molecule has 0 saturated heterocycles. The van der Waals surface area contributed by atoms with Crippen LogP contribution in [-0.4, -0.2) is 23.2 Å². The van der Waals surface area contributed by atoms with Crippen LogP contribution in [0.15, 0.2) is 24.3 Å². The summed E-state index contributed by atoms with van der Waals surface area (Å²) in [6.07, 6.45) is 3.32. The molecule has 1 aliphatic carbocycles. The summed E-state index contributed by atoms with van der Waals surface area (Å²) in [5.74, 6) is 0.0488. The van der Waals surface area contributed by atoms with Crippen LogP contribution in [0.5, 0.6) is 5.75 Å². The fourth-order valence-electron chi connectivity index (χ4n) is 2.45. The Morgan fingerprint density at radius 2 is 1.94 bits per heavy atom. The first-order valence-corrected chi connectivity index (χ1v) is 6.41.